The van der Waals surface area contributed by atoms with E-state index in [0.29, 0.717) is 31.2 Å². The van der Waals surface area contributed by atoms with Crippen molar-refractivity contribution in [1.82, 2.24) is 30.8 Å². The molecule has 4 amide bonds. The number of carbonyl (C=O) groups is 7. The predicted octanol–water partition coefficient (Wildman–Crippen LogP) is 4.46. The van der Waals surface area contributed by atoms with Gasteiger partial charge in [-0.25, -0.2) is 14.3 Å². The third-order valence-electron chi connectivity index (χ3n) is 9.91. The van der Waals surface area contributed by atoms with Crippen molar-refractivity contribution in [2.45, 2.75) is 91.1 Å². The van der Waals surface area contributed by atoms with Crippen LogP contribution in [0.2, 0.25) is 0 Å². The van der Waals surface area contributed by atoms with Crippen LogP contribution in [0.15, 0.2) is 77.5 Å². The van der Waals surface area contributed by atoms with Crippen LogP contribution in [0.1, 0.15) is 110 Å². The average molecular weight is 871 g/mol. The van der Waals surface area contributed by atoms with Gasteiger partial charge >= 0.3 is 20.0 Å². The third-order valence-corrected chi connectivity index (χ3v) is 9.91. The highest BCUT2D eigenvalue weighted by atomic mass is 16.7. The lowest BCUT2D eigenvalue weighted by molar-refractivity contribution is -0.171. The first kappa shape index (κ1) is 48.7. The van der Waals surface area contributed by atoms with Gasteiger partial charge in [-0.1, -0.05) is 52.5 Å². The fourth-order valence-electron chi connectivity index (χ4n) is 6.52. The molecule has 63 heavy (non-hydrogen) atoms. The summed E-state index contributed by atoms with van der Waals surface area (Å²) in [5.41, 5.74) is 1.45. The maximum atomic E-state index is 13.7. The zero-order chi connectivity index (χ0) is 45.7. The summed E-state index contributed by atoms with van der Waals surface area (Å²) in [7, 11) is 1.17. The zero-order valence-corrected chi connectivity index (χ0v) is 36.3. The molecular weight excluding hydrogens is 815 g/mol. The van der Waals surface area contributed by atoms with Crippen LogP contribution >= 0.6 is 0 Å². The number of amides is 4. The summed E-state index contributed by atoms with van der Waals surface area (Å²) in [6, 6.07) is 13.7. The standard InChI is InChI=1S/C44H55BN6O12/c1-5-9-11-13-32(35(7-3)51(28-52)63-43(57)29-14-17-31(18-15-29)50-23-12-22-48-50)40(54)46-27-47-42(56)37-21-20-36(61-37)30-16-19-33(38(25-30)59-8-4)41(55)49-34(26-39(53)62-45)44(58)60-24-10-6-2/h12,14-23,25,28,32,34-35H,5-11,13,24,26-27,45H2,1-4H3,(H,46,54)(H,47,56)(H,49,55)/t32-,34+,35-/m1/s1. The lowest BCUT2D eigenvalue weighted by atomic mass is 9.90. The average Bonchev–Trinajstić information content (AvgIpc) is 4.02. The van der Waals surface area contributed by atoms with Crippen LogP contribution in [0, 0.1) is 5.92 Å². The van der Waals surface area contributed by atoms with Crippen molar-refractivity contribution in [3.05, 3.63) is 89.9 Å². The van der Waals surface area contributed by atoms with E-state index in [-0.39, 0.29) is 54.7 Å². The van der Waals surface area contributed by atoms with E-state index in [1.165, 1.54) is 26.2 Å². The number of rotatable bonds is 26. The summed E-state index contributed by atoms with van der Waals surface area (Å²) in [5, 5.41) is 12.9. The number of esters is 1. The van der Waals surface area contributed by atoms with Gasteiger partial charge in [-0.05, 0) is 80.8 Å². The Bertz CT molecular complexity index is 2140. The molecule has 4 rings (SSSR count). The quantitative estimate of drug-likeness (QED) is 0.0198. The second-order valence-electron chi connectivity index (χ2n) is 14.3. The van der Waals surface area contributed by atoms with Gasteiger partial charge < -0.3 is 39.3 Å². The summed E-state index contributed by atoms with van der Waals surface area (Å²) in [6.07, 6.45) is 7.79. The maximum absolute atomic E-state index is 13.7. The van der Waals surface area contributed by atoms with Gasteiger partial charge in [0, 0.05) is 18.0 Å². The lowest BCUT2D eigenvalue weighted by Gasteiger charge is -2.31. The van der Waals surface area contributed by atoms with Crippen molar-refractivity contribution in [1.29, 1.82) is 0 Å². The second-order valence-corrected chi connectivity index (χ2v) is 14.3. The van der Waals surface area contributed by atoms with E-state index in [0.717, 1.165) is 30.0 Å². The molecule has 19 heteroatoms. The number of ether oxygens (including phenoxy) is 2. The van der Waals surface area contributed by atoms with E-state index < -0.39 is 60.1 Å². The van der Waals surface area contributed by atoms with Crippen LogP contribution in [0.25, 0.3) is 17.0 Å². The third kappa shape index (κ3) is 14.1. The molecule has 0 radical (unpaired) electrons. The number of benzene rings is 2. The summed E-state index contributed by atoms with van der Waals surface area (Å²) >= 11 is 0. The number of unbranched alkanes of at least 4 members (excludes halogenated alkanes) is 3. The Morgan fingerprint density at radius 1 is 0.921 bits per heavy atom. The molecule has 0 aliphatic rings. The van der Waals surface area contributed by atoms with Gasteiger partial charge in [-0.3, -0.25) is 24.0 Å². The minimum absolute atomic E-state index is 0.0708. The molecule has 0 bridgehead atoms. The number of carbonyl (C=O) groups excluding carboxylic acids is 7. The Morgan fingerprint density at radius 2 is 1.68 bits per heavy atom. The largest absolute Gasteiger partial charge is 0.543 e. The van der Waals surface area contributed by atoms with Crippen LogP contribution in [0.3, 0.4) is 0 Å². The molecular formula is C44H55BN6O12. The summed E-state index contributed by atoms with van der Waals surface area (Å²) in [6.45, 7) is 7.49. The van der Waals surface area contributed by atoms with Crippen molar-refractivity contribution >= 4 is 50.1 Å². The van der Waals surface area contributed by atoms with Crippen LogP contribution in [0.5, 0.6) is 5.75 Å². The number of nitrogens with zero attached hydrogens (tertiary/aromatic N) is 3. The number of nitrogens with one attached hydrogen (secondary N) is 3. The van der Waals surface area contributed by atoms with Crippen LogP contribution < -0.4 is 20.7 Å². The van der Waals surface area contributed by atoms with Gasteiger partial charge in [0.05, 0.1) is 55.1 Å². The van der Waals surface area contributed by atoms with Crippen molar-refractivity contribution in [2.24, 2.45) is 5.92 Å². The number of hydrogen-bond acceptors (Lipinski definition) is 13. The van der Waals surface area contributed by atoms with E-state index >= 15 is 0 Å². The highest BCUT2D eigenvalue weighted by molar-refractivity contribution is 6.06. The zero-order valence-electron chi connectivity index (χ0n) is 36.3. The van der Waals surface area contributed by atoms with Crippen molar-refractivity contribution in [2.75, 3.05) is 19.9 Å². The van der Waals surface area contributed by atoms with E-state index in [4.69, 9.17) is 23.4 Å². The molecule has 3 N–H and O–H groups in total. The van der Waals surface area contributed by atoms with E-state index in [2.05, 4.69) is 21.0 Å². The van der Waals surface area contributed by atoms with Gasteiger partial charge in [0.25, 0.3) is 17.8 Å². The fraction of sp³-hybridized carbons (Fsp3) is 0.409. The first-order valence-corrected chi connectivity index (χ1v) is 21.0. The van der Waals surface area contributed by atoms with E-state index in [1.54, 1.807) is 73.4 Å². The first-order valence-electron chi connectivity index (χ1n) is 21.0. The van der Waals surface area contributed by atoms with Gasteiger partial charge in [-0.2, -0.15) is 10.2 Å². The van der Waals surface area contributed by atoms with Crippen molar-refractivity contribution in [3.63, 3.8) is 0 Å². The summed E-state index contributed by atoms with van der Waals surface area (Å²) in [4.78, 5) is 96.0. The highest BCUT2D eigenvalue weighted by Crippen LogP contribution is 2.30. The van der Waals surface area contributed by atoms with Crippen LogP contribution in [-0.4, -0.2) is 96.9 Å². The normalized spacial score (nSPS) is 12.2. The molecule has 0 saturated carbocycles. The van der Waals surface area contributed by atoms with Gasteiger partial charge in [-0.15, -0.1) is 0 Å². The lowest BCUT2D eigenvalue weighted by Crippen LogP contribution is -2.49. The highest BCUT2D eigenvalue weighted by Gasteiger charge is 2.34. The topological polar surface area (TPSA) is 227 Å². The predicted molar refractivity (Wildman–Crippen MR) is 231 cm³/mol. The Labute approximate surface area is 366 Å². The Hall–Kier alpha value is -6.92. The molecule has 336 valence electrons. The number of aromatic nitrogens is 2. The molecule has 18 nitrogen and oxygen atoms in total. The minimum atomic E-state index is -1.30. The molecule has 0 spiro atoms. The van der Waals surface area contributed by atoms with E-state index in [1.807, 2.05) is 13.8 Å². The SMILES string of the molecule is BOC(=O)C[C@H](NC(=O)c1ccc(-c2ccc(C(=O)NCNC(=O)[C@H](CCCCC)[C@@H](CC)N(C=O)OC(=O)c3ccc(-n4cccn4)cc3)o2)cc1OCC)C(=O)OCCCC. The molecule has 0 saturated heterocycles. The van der Waals surface area contributed by atoms with Crippen molar-refractivity contribution in [3.8, 4) is 22.8 Å². The monoisotopic (exact) mass is 870 g/mol. The Kier molecular flexibility index (Phi) is 19.4. The number of hydroxylamine groups is 2. The molecule has 0 aliphatic carbocycles. The molecule has 2 aromatic heterocycles. The van der Waals surface area contributed by atoms with E-state index in [9.17, 15) is 33.6 Å². The number of furan rings is 1. The molecule has 3 atom stereocenters. The molecule has 2 aromatic carbocycles. The second kappa shape index (κ2) is 25.1. The summed E-state index contributed by atoms with van der Waals surface area (Å²) in [5.74, 6) is -4.49. The minimum Gasteiger partial charge on any atom is -0.543 e. The number of hydrogen-bond donors (Lipinski definition) is 3. The van der Waals surface area contributed by atoms with Gasteiger partial charge in [0.15, 0.2) is 5.76 Å². The van der Waals surface area contributed by atoms with Crippen LogP contribution in [0.4, 0.5) is 0 Å². The molecule has 0 aliphatic heterocycles. The van der Waals surface area contributed by atoms with Crippen molar-refractivity contribution < 1.29 is 56.9 Å². The van der Waals surface area contributed by atoms with Crippen LogP contribution in [-0.2, 0) is 33.4 Å². The molecule has 4 aromatic rings. The maximum Gasteiger partial charge on any atom is 0.363 e. The summed E-state index contributed by atoms with van der Waals surface area (Å²) < 4.78 is 23.2. The first-order chi connectivity index (χ1) is 30.5. The van der Waals surface area contributed by atoms with Gasteiger partial charge in [0.2, 0.25) is 12.3 Å². The molecule has 0 unspecified atom stereocenters. The fourth-order valence-corrected chi connectivity index (χ4v) is 6.52. The van der Waals surface area contributed by atoms with Gasteiger partial charge in [0.1, 0.15) is 17.6 Å². The molecule has 0 fully saturated rings. The Balaban J connectivity index is 1.40. The Morgan fingerprint density at radius 3 is 2.33 bits per heavy atom. The smallest absolute Gasteiger partial charge is 0.363 e. The molecule has 2 heterocycles.